The first-order valence-electron chi connectivity index (χ1n) is 10.8. The van der Waals surface area contributed by atoms with Crippen LogP contribution in [0.15, 0.2) is 48.9 Å². The Morgan fingerprint density at radius 3 is 2.75 bits per heavy atom. The number of carbonyl (C=O) groups excluding carboxylic acids is 1. The average molecular weight is 432 g/mol. The molecule has 0 bridgehead atoms. The van der Waals surface area contributed by atoms with Gasteiger partial charge in [0.25, 0.3) is 0 Å². The summed E-state index contributed by atoms with van der Waals surface area (Å²) in [5, 5.41) is 10.8. The van der Waals surface area contributed by atoms with Crippen LogP contribution in [0.2, 0.25) is 0 Å². The van der Waals surface area contributed by atoms with Crippen LogP contribution in [0.5, 0.6) is 0 Å². The van der Waals surface area contributed by atoms with E-state index in [1.54, 1.807) is 17.2 Å². The van der Waals surface area contributed by atoms with Crippen LogP contribution in [-0.4, -0.2) is 59.7 Å². The smallest absolute Gasteiger partial charge is 0.232 e. The van der Waals surface area contributed by atoms with E-state index < -0.39 is 0 Å². The second-order valence-electron chi connectivity index (χ2n) is 7.75. The number of benzene rings is 1. The number of fused-ring (bicyclic) bond motifs is 1. The molecule has 1 aliphatic rings. The van der Waals surface area contributed by atoms with Crippen LogP contribution in [-0.2, 0) is 11.8 Å². The van der Waals surface area contributed by atoms with Crippen molar-refractivity contribution in [3.63, 3.8) is 0 Å². The number of nitrogens with one attached hydrogen (secondary N) is 2. The maximum absolute atomic E-state index is 11.8. The third-order valence-corrected chi connectivity index (χ3v) is 5.56. The Hall–Kier alpha value is -3.95. The Morgan fingerprint density at radius 2 is 2.00 bits per heavy atom. The molecular weight excluding hydrogens is 406 g/mol. The molecule has 4 heterocycles. The molecule has 1 saturated heterocycles. The first-order chi connectivity index (χ1) is 15.7. The minimum absolute atomic E-state index is 0.249. The number of rotatable bonds is 8. The van der Waals surface area contributed by atoms with Crippen molar-refractivity contribution in [2.45, 2.75) is 19.3 Å². The van der Waals surface area contributed by atoms with Crippen molar-refractivity contribution < 1.29 is 4.79 Å². The Kier molecular flexibility index (Phi) is 5.40. The van der Waals surface area contributed by atoms with Gasteiger partial charge < -0.3 is 15.5 Å². The van der Waals surface area contributed by atoms with Crippen LogP contribution in [0, 0.1) is 0 Å². The van der Waals surface area contributed by atoms with Crippen LogP contribution in [0.3, 0.4) is 0 Å². The van der Waals surface area contributed by atoms with E-state index in [9.17, 15) is 4.79 Å². The third-order valence-electron chi connectivity index (χ3n) is 5.56. The summed E-state index contributed by atoms with van der Waals surface area (Å²) in [6.45, 7) is 2.29. The summed E-state index contributed by atoms with van der Waals surface area (Å²) < 4.78 is 3.67. The summed E-state index contributed by atoms with van der Waals surface area (Å²) >= 11 is 0. The first kappa shape index (κ1) is 20.0. The fourth-order valence-corrected chi connectivity index (χ4v) is 3.89. The van der Waals surface area contributed by atoms with E-state index in [1.807, 2.05) is 52.9 Å². The van der Waals surface area contributed by atoms with E-state index in [4.69, 9.17) is 4.98 Å². The highest BCUT2D eigenvalue weighted by atomic mass is 16.2. The standard InChI is InChI=1S/C22H25N9O/c1-29-17(10-12-25-29)26-22-27-20(23-11-6-14-30-13-5-9-18(30)32)19-21(28-22)31(15-24-19)16-7-3-2-4-8-16/h2-4,7-8,10,12,15H,5-6,9,11,13-14H2,1H3,(H2,23,26,27,28). The van der Waals surface area contributed by atoms with Crippen molar-refractivity contribution in [3.05, 3.63) is 48.9 Å². The van der Waals surface area contributed by atoms with Gasteiger partial charge in [-0.05, 0) is 25.0 Å². The van der Waals surface area contributed by atoms with Crippen LogP contribution in [0.4, 0.5) is 17.6 Å². The Bertz CT molecular complexity index is 1230. The largest absolute Gasteiger partial charge is 0.368 e. The predicted molar refractivity (Wildman–Crippen MR) is 122 cm³/mol. The van der Waals surface area contributed by atoms with Gasteiger partial charge in [0, 0.05) is 44.9 Å². The molecule has 1 amide bonds. The number of anilines is 3. The zero-order valence-electron chi connectivity index (χ0n) is 17.9. The number of carbonyl (C=O) groups is 1. The van der Waals surface area contributed by atoms with Gasteiger partial charge in [-0.2, -0.15) is 15.1 Å². The molecule has 0 saturated carbocycles. The molecule has 32 heavy (non-hydrogen) atoms. The topological polar surface area (TPSA) is 106 Å². The number of nitrogens with zero attached hydrogens (tertiary/aromatic N) is 7. The molecule has 164 valence electrons. The molecule has 5 rings (SSSR count). The maximum atomic E-state index is 11.8. The van der Waals surface area contributed by atoms with E-state index >= 15 is 0 Å². The van der Waals surface area contributed by atoms with Gasteiger partial charge in [0.05, 0.1) is 6.20 Å². The highest BCUT2D eigenvalue weighted by molar-refractivity contribution is 5.85. The van der Waals surface area contributed by atoms with Crippen LogP contribution in [0.1, 0.15) is 19.3 Å². The SMILES string of the molecule is Cn1nccc1Nc1nc(NCCCN2CCCC2=O)c2ncn(-c3ccccc3)c2n1. The summed E-state index contributed by atoms with van der Waals surface area (Å²) in [5.74, 6) is 2.14. The second-order valence-corrected chi connectivity index (χ2v) is 7.75. The number of aryl methyl sites for hydroxylation is 1. The zero-order valence-corrected chi connectivity index (χ0v) is 17.9. The molecule has 4 aromatic rings. The Labute approximate surface area is 185 Å². The van der Waals surface area contributed by atoms with Gasteiger partial charge in [-0.15, -0.1) is 0 Å². The summed E-state index contributed by atoms with van der Waals surface area (Å²) in [5.41, 5.74) is 2.37. The lowest BCUT2D eigenvalue weighted by Crippen LogP contribution is -2.27. The fraction of sp³-hybridized carbons (Fsp3) is 0.318. The third kappa shape index (κ3) is 3.98. The first-order valence-corrected chi connectivity index (χ1v) is 10.8. The van der Waals surface area contributed by atoms with Crippen molar-refractivity contribution in [1.82, 2.24) is 34.2 Å². The molecule has 3 aromatic heterocycles. The molecule has 1 aromatic carbocycles. The van der Waals surface area contributed by atoms with E-state index in [1.165, 1.54) is 0 Å². The monoisotopic (exact) mass is 431 g/mol. The number of amides is 1. The number of hydrogen-bond acceptors (Lipinski definition) is 7. The van der Waals surface area contributed by atoms with Crippen LogP contribution >= 0.6 is 0 Å². The molecule has 0 spiro atoms. The number of likely N-dealkylation sites (tertiary alicyclic amines) is 1. The van der Waals surface area contributed by atoms with E-state index in [0.717, 1.165) is 37.4 Å². The molecule has 10 nitrogen and oxygen atoms in total. The van der Waals surface area contributed by atoms with Gasteiger partial charge in [0.2, 0.25) is 11.9 Å². The van der Waals surface area contributed by atoms with Gasteiger partial charge in [-0.3, -0.25) is 14.0 Å². The van der Waals surface area contributed by atoms with Crippen molar-refractivity contribution >= 4 is 34.7 Å². The Morgan fingerprint density at radius 1 is 1.12 bits per heavy atom. The molecular formula is C22H25N9O. The number of imidazole rings is 1. The molecule has 1 aliphatic heterocycles. The van der Waals surface area contributed by atoms with Crippen LogP contribution in [0.25, 0.3) is 16.9 Å². The number of para-hydroxylation sites is 1. The van der Waals surface area contributed by atoms with Crippen molar-refractivity contribution in [2.75, 3.05) is 30.3 Å². The highest BCUT2D eigenvalue weighted by Gasteiger charge is 2.19. The number of aromatic nitrogens is 6. The summed E-state index contributed by atoms with van der Waals surface area (Å²) in [7, 11) is 1.86. The van der Waals surface area contributed by atoms with E-state index in [-0.39, 0.29) is 5.91 Å². The minimum Gasteiger partial charge on any atom is -0.368 e. The maximum Gasteiger partial charge on any atom is 0.232 e. The Balaban J connectivity index is 1.42. The molecule has 1 fully saturated rings. The van der Waals surface area contributed by atoms with E-state index in [0.29, 0.717) is 35.9 Å². The number of hydrogen-bond donors (Lipinski definition) is 2. The average Bonchev–Trinajstić information content (AvgIpc) is 3.53. The molecule has 0 unspecified atom stereocenters. The molecule has 0 atom stereocenters. The summed E-state index contributed by atoms with van der Waals surface area (Å²) in [6, 6.07) is 11.8. The van der Waals surface area contributed by atoms with Crippen molar-refractivity contribution in [1.29, 1.82) is 0 Å². The van der Waals surface area contributed by atoms with E-state index in [2.05, 4.69) is 25.7 Å². The van der Waals surface area contributed by atoms with Crippen molar-refractivity contribution in [3.8, 4) is 5.69 Å². The summed E-state index contributed by atoms with van der Waals surface area (Å²) in [4.78, 5) is 27.8. The zero-order chi connectivity index (χ0) is 21.9. The van der Waals surface area contributed by atoms with Gasteiger partial charge in [0.15, 0.2) is 17.0 Å². The second kappa shape index (κ2) is 8.66. The quantitative estimate of drug-likeness (QED) is 0.413. The molecule has 0 aliphatic carbocycles. The van der Waals surface area contributed by atoms with Crippen molar-refractivity contribution in [2.24, 2.45) is 7.05 Å². The molecule has 0 radical (unpaired) electrons. The predicted octanol–water partition coefficient (Wildman–Crippen LogP) is 2.72. The molecule has 10 heteroatoms. The minimum atomic E-state index is 0.249. The summed E-state index contributed by atoms with van der Waals surface area (Å²) in [6.07, 6.45) is 5.93. The van der Waals surface area contributed by atoms with Gasteiger partial charge in [-0.25, -0.2) is 4.98 Å². The lowest BCUT2D eigenvalue weighted by atomic mass is 10.3. The van der Waals surface area contributed by atoms with Crippen LogP contribution < -0.4 is 10.6 Å². The molecule has 2 N–H and O–H groups in total. The lowest BCUT2D eigenvalue weighted by molar-refractivity contribution is -0.127. The van der Waals surface area contributed by atoms with Gasteiger partial charge in [0.1, 0.15) is 12.1 Å². The van der Waals surface area contributed by atoms with Gasteiger partial charge >= 0.3 is 0 Å². The normalized spacial score (nSPS) is 13.8. The lowest BCUT2D eigenvalue weighted by Gasteiger charge is -2.15. The highest BCUT2D eigenvalue weighted by Crippen LogP contribution is 2.25. The fourth-order valence-electron chi connectivity index (χ4n) is 3.89. The van der Waals surface area contributed by atoms with Gasteiger partial charge in [-0.1, -0.05) is 18.2 Å².